The number of H-pyrrole nitrogens is 1. The van der Waals surface area contributed by atoms with Crippen LogP contribution in [-0.2, 0) is 6.54 Å². The number of imidazole rings is 1. The van der Waals surface area contributed by atoms with Gasteiger partial charge in [0, 0.05) is 26.2 Å². The van der Waals surface area contributed by atoms with Gasteiger partial charge in [-0.2, -0.15) is 0 Å². The predicted octanol–water partition coefficient (Wildman–Crippen LogP) is 1.45. The zero-order chi connectivity index (χ0) is 12.5. The van der Waals surface area contributed by atoms with Gasteiger partial charge in [-0.05, 0) is 25.2 Å². The summed E-state index contributed by atoms with van der Waals surface area (Å²) in [7, 11) is 2.14. The molecule has 1 aliphatic heterocycles. The Kier molecular flexibility index (Phi) is 3.01. The van der Waals surface area contributed by atoms with Crippen molar-refractivity contribution >= 4 is 11.0 Å². The summed E-state index contributed by atoms with van der Waals surface area (Å²) >= 11 is 0. The summed E-state index contributed by atoms with van der Waals surface area (Å²) in [4.78, 5) is 12.4. The van der Waals surface area contributed by atoms with Gasteiger partial charge in [-0.25, -0.2) is 9.37 Å². The first-order valence-corrected chi connectivity index (χ1v) is 6.26. The number of hydrogen-bond donors (Lipinski definition) is 1. The molecule has 4 nitrogen and oxygen atoms in total. The number of nitrogens with one attached hydrogen (secondary N) is 1. The van der Waals surface area contributed by atoms with Crippen molar-refractivity contribution in [3.8, 4) is 0 Å². The summed E-state index contributed by atoms with van der Waals surface area (Å²) in [6, 6.07) is 4.66. The normalized spacial score (nSPS) is 18.6. The van der Waals surface area contributed by atoms with E-state index < -0.39 is 0 Å². The summed E-state index contributed by atoms with van der Waals surface area (Å²) < 4.78 is 13.1. The predicted molar refractivity (Wildman–Crippen MR) is 68.8 cm³/mol. The lowest BCUT2D eigenvalue weighted by atomic mass is 10.3. The van der Waals surface area contributed by atoms with E-state index in [-0.39, 0.29) is 5.82 Å². The number of aromatic amines is 1. The number of fused-ring (bicyclic) bond motifs is 1. The highest BCUT2D eigenvalue weighted by molar-refractivity contribution is 5.74. The number of piperazine rings is 1. The van der Waals surface area contributed by atoms with Crippen molar-refractivity contribution in [3.63, 3.8) is 0 Å². The van der Waals surface area contributed by atoms with Crippen LogP contribution in [0.15, 0.2) is 18.2 Å². The summed E-state index contributed by atoms with van der Waals surface area (Å²) in [6.45, 7) is 5.11. The van der Waals surface area contributed by atoms with Gasteiger partial charge in [-0.15, -0.1) is 0 Å². The van der Waals surface area contributed by atoms with Gasteiger partial charge in [0.25, 0.3) is 0 Å². The maximum atomic E-state index is 13.1. The monoisotopic (exact) mass is 248 g/mol. The largest absolute Gasteiger partial charge is 0.341 e. The van der Waals surface area contributed by atoms with Crippen LogP contribution in [0.5, 0.6) is 0 Å². The molecule has 2 aromatic rings. The lowest BCUT2D eigenvalue weighted by Crippen LogP contribution is -2.44. The molecule has 5 heteroatoms. The maximum absolute atomic E-state index is 13.1. The van der Waals surface area contributed by atoms with Crippen molar-refractivity contribution in [1.82, 2.24) is 19.8 Å². The summed E-state index contributed by atoms with van der Waals surface area (Å²) in [6.07, 6.45) is 0. The fourth-order valence-electron chi connectivity index (χ4n) is 2.33. The third-order valence-electron chi connectivity index (χ3n) is 3.46. The van der Waals surface area contributed by atoms with Crippen LogP contribution in [0.25, 0.3) is 11.0 Å². The molecule has 1 saturated heterocycles. The van der Waals surface area contributed by atoms with Gasteiger partial charge >= 0.3 is 0 Å². The molecule has 0 aliphatic carbocycles. The van der Waals surface area contributed by atoms with Gasteiger partial charge in [0.1, 0.15) is 11.6 Å². The van der Waals surface area contributed by atoms with Crippen LogP contribution in [0.2, 0.25) is 0 Å². The average molecular weight is 248 g/mol. The number of rotatable bonds is 2. The Morgan fingerprint density at radius 2 is 2.06 bits per heavy atom. The van der Waals surface area contributed by atoms with E-state index in [2.05, 4.69) is 26.8 Å². The van der Waals surface area contributed by atoms with Crippen molar-refractivity contribution in [1.29, 1.82) is 0 Å². The summed E-state index contributed by atoms with van der Waals surface area (Å²) in [5, 5.41) is 0. The van der Waals surface area contributed by atoms with E-state index in [0.717, 1.165) is 49.6 Å². The van der Waals surface area contributed by atoms with Crippen LogP contribution in [-0.4, -0.2) is 53.0 Å². The molecule has 1 aromatic heterocycles. The molecule has 1 fully saturated rings. The fraction of sp³-hybridized carbons (Fsp3) is 0.462. The molecule has 1 N–H and O–H groups in total. The van der Waals surface area contributed by atoms with Crippen LogP contribution >= 0.6 is 0 Å². The molecule has 2 heterocycles. The van der Waals surface area contributed by atoms with E-state index >= 15 is 0 Å². The number of likely N-dealkylation sites (N-methyl/N-ethyl adjacent to an activating group) is 1. The quantitative estimate of drug-likeness (QED) is 0.873. The molecular formula is C13H17FN4. The number of hydrogen-bond acceptors (Lipinski definition) is 3. The Labute approximate surface area is 105 Å². The SMILES string of the molecule is CN1CCN(Cc2nc3ccc(F)cc3[nH]2)CC1. The Balaban J connectivity index is 1.74. The topological polar surface area (TPSA) is 35.2 Å². The minimum absolute atomic E-state index is 0.225. The molecule has 1 aromatic carbocycles. The zero-order valence-electron chi connectivity index (χ0n) is 10.5. The number of nitrogens with zero attached hydrogens (tertiary/aromatic N) is 3. The van der Waals surface area contributed by atoms with Crippen LogP contribution in [0.4, 0.5) is 4.39 Å². The molecule has 3 rings (SSSR count). The molecule has 18 heavy (non-hydrogen) atoms. The second-order valence-electron chi connectivity index (χ2n) is 4.92. The first kappa shape index (κ1) is 11.6. The van der Waals surface area contributed by atoms with Gasteiger partial charge in [0.15, 0.2) is 0 Å². The molecule has 0 amide bonds. The molecule has 0 spiro atoms. The molecule has 0 radical (unpaired) electrons. The van der Waals surface area contributed by atoms with Gasteiger partial charge < -0.3 is 9.88 Å². The number of halogens is 1. The smallest absolute Gasteiger partial charge is 0.125 e. The lowest BCUT2D eigenvalue weighted by molar-refractivity contribution is 0.146. The molecule has 0 atom stereocenters. The van der Waals surface area contributed by atoms with E-state index in [9.17, 15) is 4.39 Å². The van der Waals surface area contributed by atoms with Crippen LogP contribution in [0, 0.1) is 5.82 Å². The molecule has 96 valence electrons. The lowest BCUT2D eigenvalue weighted by Gasteiger charge is -2.31. The number of aromatic nitrogens is 2. The summed E-state index contributed by atoms with van der Waals surface area (Å²) in [5.41, 5.74) is 1.61. The Hall–Kier alpha value is -1.46. The number of benzene rings is 1. The van der Waals surface area contributed by atoms with Crippen LogP contribution < -0.4 is 0 Å². The first-order valence-electron chi connectivity index (χ1n) is 6.26. The first-order chi connectivity index (χ1) is 8.70. The minimum Gasteiger partial charge on any atom is -0.341 e. The highest BCUT2D eigenvalue weighted by atomic mass is 19.1. The maximum Gasteiger partial charge on any atom is 0.125 e. The van der Waals surface area contributed by atoms with Crippen molar-refractivity contribution < 1.29 is 4.39 Å². The van der Waals surface area contributed by atoms with Crippen LogP contribution in [0.1, 0.15) is 5.82 Å². The highest BCUT2D eigenvalue weighted by Gasteiger charge is 2.15. The average Bonchev–Trinajstić information content (AvgIpc) is 2.73. The van der Waals surface area contributed by atoms with Crippen molar-refractivity contribution in [2.75, 3.05) is 33.2 Å². The Morgan fingerprint density at radius 3 is 2.83 bits per heavy atom. The zero-order valence-corrected chi connectivity index (χ0v) is 10.5. The standard InChI is InChI=1S/C13H17FN4/c1-17-4-6-18(7-5-17)9-13-15-11-3-2-10(14)8-12(11)16-13/h2-3,8H,4-7,9H2,1H3,(H,15,16). The van der Waals surface area contributed by atoms with Gasteiger partial charge in [0.05, 0.1) is 17.6 Å². The second kappa shape index (κ2) is 4.66. The van der Waals surface area contributed by atoms with Crippen molar-refractivity contribution in [2.24, 2.45) is 0 Å². The molecule has 0 saturated carbocycles. The van der Waals surface area contributed by atoms with Gasteiger partial charge in [-0.3, -0.25) is 4.90 Å². The molecular weight excluding hydrogens is 231 g/mol. The van der Waals surface area contributed by atoms with Crippen molar-refractivity contribution in [2.45, 2.75) is 6.54 Å². The van der Waals surface area contributed by atoms with Crippen molar-refractivity contribution in [3.05, 3.63) is 29.8 Å². The minimum atomic E-state index is -0.225. The Bertz CT molecular complexity index is 543. The molecule has 1 aliphatic rings. The second-order valence-corrected chi connectivity index (χ2v) is 4.92. The molecule has 0 bridgehead atoms. The van der Waals surface area contributed by atoms with E-state index in [0.29, 0.717) is 0 Å². The van der Waals surface area contributed by atoms with E-state index in [1.807, 2.05) is 0 Å². The van der Waals surface area contributed by atoms with E-state index in [1.165, 1.54) is 12.1 Å². The third kappa shape index (κ3) is 2.37. The highest BCUT2D eigenvalue weighted by Crippen LogP contribution is 2.14. The Morgan fingerprint density at radius 1 is 1.28 bits per heavy atom. The fourth-order valence-corrected chi connectivity index (χ4v) is 2.33. The van der Waals surface area contributed by atoms with Gasteiger partial charge in [-0.1, -0.05) is 0 Å². The van der Waals surface area contributed by atoms with E-state index in [1.54, 1.807) is 6.07 Å². The molecule has 0 unspecified atom stereocenters. The third-order valence-corrected chi connectivity index (χ3v) is 3.46. The van der Waals surface area contributed by atoms with Gasteiger partial charge in [0.2, 0.25) is 0 Å². The van der Waals surface area contributed by atoms with E-state index in [4.69, 9.17) is 0 Å². The summed E-state index contributed by atoms with van der Waals surface area (Å²) in [5.74, 6) is 0.692. The van der Waals surface area contributed by atoms with Crippen LogP contribution in [0.3, 0.4) is 0 Å².